The van der Waals surface area contributed by atoms with Crippen molar-refractivity contribution in [1.29, 1.82) is 0 Å². The third-order valence-corrected chi connectivity index (χ3v) is 3.62. The number of hydrogen-bond acceptors (Lipinski definition) is 2. The highest BCUT2D eigenvalue weighted by Gasteiger charge is 2.22. The van der Waals surface area contributed by atoms with Crippen molar-refractivity contribution in [2.24, 2.45) is 0 Å². The Bertz CT molecular complexity index is 603. The first-order chi connectivity index (χ1) is 9.24. The van der Waals surface area contributed by atoms with Gasteiger partial charge in [-0.25, -0.2) is 0 Å². The predicted octanol–water partition coefficient (Wildman–Crippen LogP) is 2.40. The second-order valence-corrected chi connectivity index (χ2v) is 4.96. The Morgan fingerprint density at radius 2 is 2.21 bits per heavy atom. The fraction of sp³-hybridized carbons (Fsp3) is 0.267. The highest BCUT2D eigenvalue weighted by Crippen LogP contribution is 2.29. The molecule has 1 aliphatic rings. The van der Waals surface area contributed by atoms with Crippen LogP contribution in [0.25, 0.3) is 0 Å². The number of aromatic nitrogens is 1. The molecule has 98 valence electrons. The third-order valence-electron chi connectivity index (χ3n) is 3.62. The molecule has 1 amide bonds. The lowest BCUT2D eigenvalue weighted by atomic mass is 9.88. The molecule has 1 atom stereocenters. The summed E-state index contributed by atoms with van der Waals surface area (Å²) in [6.45, 7) is 0. The van der Waals surface area contributed by atoms with Crippen LogP contribution in [0, 0.1) is 0 Å². The topological polar surface area (TPSA) is 70.9 Å². The lowest BCUT2D eigenvalue weighted by Gasteiger charge is -2.26. The quantitative estimate of drug-likeness (QED) is 0.771. The number of hydrogen-bond donors (Lipinski definition) is 3. The minimum absolute atomic E-state index is 0.0987. The average Bonchev–Trinajstić information content (AvgIpc) is 2.86. The highest BCUT2D eigenvalue weighted by molar-refractivity contribution is 5.93. The molecule has 3 rings (SSSR count). The van der Waals surface area contributed by atoms with Gasteiger partial charge in [0, 0.05) is 11.9 Å². The number of amides is 1. The Hall–Kier alpha value is -2.23. The van der Waals surface area contributed by atoms with Crippen LogP contribution in [0.2, 0.25) is 0 Å². The van der Waals surface area contributed by atoms with Crippen LogP contribution >= 0.6 is 0 Å². The molecule has 1 aromatic heterocycles. The molecule has 0 radical (unpaired) electrons. The second kappa shape index (κ2) is 4.80. The van der Waals surface area contributed by atoms with Crippen LogP contribution in [-0.2, 0) is 6.42 Å². The van der Waals surface area contributed by atoms with E-state index in [4.69, 9.17) is 5.73 Å². The summed E-state index contributed by atoms with van der Waals surface area (Å²) in [5.41, 5.74) is 9.28. The second-order valence-electron chi connectivity index (χ2n) is 4.96. The Labute approximate surface area is 112 Å². The van der Waals surface area contributed by atoms with E-state index in [2.05, 4.69) is 28.5 Å². The summed E-state index contributed by atoms with van der Waals surface area (Å²) in [4.78, 5) is 15.0. The molecular weight excluding hydrogens is 238 g/mol. The van der Waals surface area contributed by atoms with Gasteiger partial charge in [0.15, 0.2) is 0 Å². The van der Waals surface area contributed by atoms with E-state index in [1.165, 1.54) is 11.1 Å². The molecule has 4 N–H and O–H groups in total. The number of nitrogen functional groups attached to an aromatic ring is 1. The van der Waals surface area contributed by atoms with Gasteiger partial charge in [0.2, 0.25) is 0 Å². The minimum Gasteiger partial charge on any atom is -0.397 e. The number of aryl methyl sites for hydroxylation is 1. The molecule has 0 saturated heterocycles. The van der Waals surface area contributed by atoms with Gasteiger partial charge in [-0.1, -0.05) is 24.3 Å². The van der Waals surface area contributed by atoms with Crippen LogP contribution in [0.1, 0.15) is 40.5 Å². The maximum atomic E-state index is 12.1. The van der Waals surface area contributed by atoms with E-state index in [9.17, 15) is 4.79 Å². The standard InChI is InChI=1S/C15H17N3O/c16-11-8-14(17-9-11)15(19)18-13-7-3-5-10-4-1-2-6-12(10)13/h1-2,4,6,8-9,13,17H,3,5,7,16H2,(H,18,19). The van der Waals surface area contributed by atoms with Crippen molar-refractivity contribution >= 4 is 11.6 Å². The highest BCUT2D eigenvalue weighted by atomic mass is 16.1. The molecule has 1 aromatic carbocycles. The molecule has 4 nitrogen and oxygen atoms in total. The van der Waals surface area contributed by atoms with Crippen LogP contribution in [0.4, 0.5) is 5.69 Å². The maximum Gasteiger partial charge on any atom is 0.268 e. The van der Waals surface area contributed by atoms with Crippen molar-refractivity contribution in [3.63, 3.8) is 0 Å². The van der Waals surface area contributed by atoms with Crippen LogP contribution in [0.5, 0.6) is 0 Å². The average molecular weight is 255 g/mol. The SMILES string of the molecule is Nc1c[nH]c(C(=O)NC2CCCc3ccccc32)c1. The van der Waals surface area contributed by atoms with Crippen LogP contribution in [0.15, 0.2) is 36.5 Å². The number of carbonyl (C=O) groups is 1. The molecular formula is C15H17N3O. The van der Waals surface area contributed by atoms with Gasteiger partial charge < -0.3 is 16.0 Å². The van der Waals surface area contributed by atoms with Crippen LogP contribution in [-0.4, -0.2) is 10.9 Å². The van der Waals surface area contributed by atoms with Crippen molar-refractivity contribution in [1.82, 2.24) is 10.3 Å². The zero-order valence-electron chi connectivity index (χ0n) is 10.6. The summed E-state index contributed by atoms with van der Waals surface area (Å²) in [7, 11) is 0. The number of anilines is 1. The lowest BCUT2D eigenvalue weighted by molar-refractivity contribution is 0.0928. The van der Waals surface area contributed by atoms with Crippen molar-refractivity contribution in [2.75, 3.05) is 5.73 Å². The summed E-state index contributed by atoms with van der Waals surface area (Å²) >= 11 is 0. The van der Waals surface area contributed by atoms with Gasteiger partial charge in [-0.15, -0.1) is 0 Å². The van der Waals surface area contributed by atoms with Crippen molar-refractivity contribution in [3.8, 4) is 0 Å². The molecule has 0 spiro atoms. The smallest absolute Gasteiger partial charge is 0.268 e. The van der Waals surface area contributed by atoms with Gasteiger partial charge in [0.1, 0.15) is 5.69 Å². The van der Waals surface area contributed by atoms with E-state index in [1.807, 2.05) is 6.07 Å². The number of rotatable bonds is 2. The molecule has 19 heavy (non-hydrogen) atoms. The van der Waals surface area contributed by atoms with Gasteiger partial charge in [-0.2, -0.15) is 0 Å². The Kier molecular flexibility index (Phi) is 2.99. The number of H-pyrrole nitrogens is 1. The van der Waals surface area contributed by atoms with Crippen LogP contribution in [0.3, 0.4) is 0 Å². The van der Waals surface area contributed by atoms with E-state index in [-0.39, 0.29) is 11.9 Å². The van der Waals surface area contributed by atoms with E-state index >= 15 is 0 Å². The molecule has 0 fully saturated rings. The number of aromatic amines is 1. The number of carbonyl (C=O) groups excluding carboxylic acids is 1. The molecule has 2 aromatic rings. The maximum absolute atomic E-state index is 12.1. The third kappa shape index (κ3) is 2.34. The van der Waals surface area contributed by atoms with E-state index in [0.29, 0.717) is 11.4 Å². The number of nitrogens with one attached hydrogen (secondary N) is 2. The Morgan fingerprint density at radius 1 is 1.37 bits per heavy atom. The van der Waals surface area contributed by atoms with Crippen molar-refractivity contribution < 1.29 is 4.79 Å². The predicted molar refractivity (Wildman–Crippen MR) is 74.8 cm³/mol. The summed E-state index contributed by atoms with van der Waals surface area (Å²) < 4.78 is 0. The first-order valence-electron chi connectivity index (χ1n) is 6.56. The fourth-order valence-electron chi connectivity index (χ4n) is 2.68. The first kappa shape index (κ1) is 11.8. The van der Waals surface area contributed by atoms with Crippen molar-refractivity contribution in [3.05, 3.63) is 53.3 Å². The van der Waals surface area contributed by atoms with Gasteiger partial charge >= 0.3 is 0 Å². The Balaban J connectivity index is 1.79. The molecule has 1 heterocycles. The zero-order chi connectivity index (χ0) is 13.2. The fourth-order valence-corrected chi connectivity index (χ4v) is 2.68. The Morgan fingerprint density at radius 3 is 3.00 bits per heavy atom. The number of benzene rings is 1. The molecule has 0 saturated carbocycles. The molecule has 0 bridgehead atoms. The summed E-state index contributed by atoms with van der Waals surface area (Å²) in [6.07, 6.45) is 4.81. The zero-order valence-corrected chi connectivity index (χ0v) is 10.6. The first-order valence-corrected chi connectivity index (χ1v) is 6.56. The van der Waals surface area contributed by atoms with E-state index < -0.39 is 0 Å². The molecule has 4 heteroatoms. The van der Waals surface area contributed by atoms with E-state index in [1.54, 1.807) is 12.3 Å². The largest absolute Gasteiger partial charge is 0.397 e. The van der Waals surface area contributed by atoms with E-state index in [0.717, 1.165) is 19.3 Å². The minimum atomic E-state index is -0.0987. The van der Waals surface area contributed by atoms with Gasteiger partial charge in [-0.3, -0.25) is 4.79 Å². The monoisotopic (exact) mass is 255 g/mol. The molecule has 0 aliphatic heterocycles. The van der Waals surface area contributed by atoms with Gasteiger partial charge in [0.25, 0.3) is 5.91 Å². The van der Waals surface area contributed by atoms with Gasteiger partial charge in [0.05, 0.1) is 6.04 Å². The van der Waals surface area contributed by atoms with Crippen LogP contribution < -0.4 is 11.1 Å². The summed E-state index contributed by atoms with van der Waals surface area (Å²) in [6, 6.07) is 10.1. The number of fused-ring (bicyclic) bond motifs is 1. The summed E-state index contributed by atoms with van der Waals surface area (Å²) in [5, 5.41) is 3.08. The van der Waals surface area contributed by atoms with Gasteiger partial charge in [-0.05, 0) is 36.5 Å². The summed E-state index contributed by atoms with van der Waals surface area (Å²) in [5.74, 6) is -0.0987. The molecule has 1 aliphatic carbocycles. The number of nitrogens with two attached hydrogens (primary N) is 1. The normalized spacial score (nSPS) is 17.8. The van der Waals surface area contributed by atoms with Crippen molar-refractivity contribution in [2.45, 2.75) is 25.3 Å². The lowest BCUT2D eigenvalue weighted by Crippen LogP contribution is -2.31. The molecule has 1 unspecified atom stereocenters.